The molecule has 1 unspecified atom stereocenters. The smallest absolute Gasteiger partial charge is 0.130 e. The van der Waals surface area contributed by atoms with Gasteiger partial charge < -0.3 is 9.88 Å². The third-order valence-corrected chi connectivity index (χ3v) is 2.98. The van der Waals surface area contributed by atoms with Gasteiger partial charge in [-0.25, -0.2) is 4.98 Å². The van der Waals surface area contributed by atoms with E-state index in [9.17, 15) is 0 Å². The fourth-order valence-electron chi connectivity index (χ4n) is 1.94. The number of hydrogen-bond acceptors (Lipinski definition) is 3. The average molecular weight is 240 g/mol. The van der Waals surface area contributed by atoms with Crippen LogP contribution in [0.15, 0.2) is 30.6 Å². The number of nitrogens with one attached hydrogen (secondary N) is 1. The number of imidazole rings is 1. The Kier molecular flexibility index (Phi) is 3.33. The van der Waals surface area contributed by atoms with Crippen LogP contribution in [0.1, 0.15) is 29.9 Å². The quantitative estimate of drug-likeness (QED) is 0.897. The van der Waals surface area contributed by atoms with Crippen molar-refractivity contribution in [2.75, 3.05) is 5.32 Å². The highest BCUT2D eigenvalue weighted by Gasteiger charge is 2.11. The molecule has 1 heterocycles. The lowest BCUT2D eigenvalue weighted by atomic mass is 10.1. The lowest BCUT2D eigenvalue weighted by molar-refractivity contribution is 0.721. The minimum absolute atomic E-state index is 0.0950. The van der Waals surface area contributed by atoms with Crippen LogP contribution in [0, 0.1) is 18.3 Å². The van der Waals surface area contributed by atoms with E-state index in [1.54, 1.807) is 6.20 Å². The molecular weight excluding hydrogens is 224 g/mol. The van der Waals surface area contributed by atoms with E-state index < -0.39 is 0 Å². The van der Waals surface area contributed by atoms with E-state index in [-0.39, 0.29) is 6.04 Å². The van der Waals surface area contributed by atoms with Crippen LogP contribution in [0.4, 0.5) is 5.69 Å². The Balaban J connectivity index is 2.24. The van der Waals surface area contributed by atoms with Gasteiger partial charge in [-0.3, -0.25) is 0 Å². The van der Waals surface area contributed by atoms with E-state index in [2.05, 4.69) is 23.3 Å². The summed E-state index contributed by atoms with van der Waals surface area (Å²) >= 11 is 0. The number of aryl methyl sites for hydroxylation is 2. The maximum atomic E-state index is 8.92. The summed E-state index contributed by atoms with van der Waals surface area (Å²) in [7, 11) is 1.97. The van der Waals surface area contributed by atoms with Crippen LogP contribution in [0.3, 0.4) is 0 Å². The molecule has 0 saturated carbocycles. The zero-order valence-corrected chi connectivity index (χ0v) is 10.8. The summed E-state index contributed by atoms with van der Waals surface area (Å²) in [5.41, 5.74) is 2.76. The molecule has 92 valence electrons. The van der Waals surface area contributed by atoms with Crippen LogP contribution in [-0.4, -0.2) is 9.55 Å². The fourth-order valence-corrected chi connectivity index (χ4v) is 1.94. The Morgan fingerprint density at radius 2 is 2.22 bits per heavy atom. The van der Waals surface area contributed by atoms with Crippen molar-refractivity contribution in [1.82, 2.24) is 9.55 Å². The summed E-state index contributed by atoms with van der Waals surface area (Å²) in [6, 6.07) is 7.89. The third-order valence-electron chi connectivity index (χ3n) is 2.98. The van der Waals surface area contributed by atoms with Crippen molar-refractivity contribution in [3.8, 4) is 6.07 Å². The first kappa shape index (κ1) is 12.2. The van der Waals surface area contributed by atoms with Crippen LogP contribution in [0.2, 0.25) is 0 Å². The van der Waals surface area contributed by atoms with E-state index in [4.69, 9.17) is 5.26 Å². The predicted octanol–water partition coefficient (Wildman–Crippen LogP) is 2.77. The third kappa shape index (κ3) is 2.35. The largest absolute Gasteiger partial charge is 0.375 e. The van der Waals surface area contributed by atoms with E-state index >= 15 is 0 Å². The molecule has 0 aliphatic rings. The number of anilines is 1. The molecule has 0 aliphatic heterocycles. The van der Waals surface area contributed by atoms with Gasteiger partial charge in [0.25, 0.3) is 0 Å². The summed E-state index contributed by atoms with van der Waals surface area (Å²) < 4.78 is 1.99. The molecule has 0 saturated heterocycles. The zero-order valence-electron chi connectivity index (χ0n) is 10.8. The molecular formula is C14H16N4. The van der Waals surface area contributed by atoms with Crippen molar-refractivity contribution in [2.45, 2.75) is 19.9 Å². The Labute approximate surface area is 107 Å². The zero-order chi connectivity index (χ0) is 13.1. The Morgan fingerprint density at radius 1 is 1.44 bits per heavy atom. The molecule has 2 aromatic rings. The van der Waals surface area contributed by atoms with E-state index in [1.807, 2.05) is 42.9 Å². The Bertz CT molecular complexity index is 592. The average Bonchev–Trinajstić information content (AvgIpc) is 2.78. The summed E-state index contributed by atoms with van der Waals surface area (Å²) in [5.74, 6) is 0.969. The molecule has 0 fully saturated rings. The second-order valence-corrected chi connectivity index (χ2v) is 4.40. The molecule has 0 aliphatic carbocycles. The highest BCUT2D eigenvalue weighted by molar-refractivity contribution is 5.55. The lowest BCUT2D eigenvalue weighted by Crippen LogP contribution is -2.12. The topological polar surface area (TPSA) is 53.6 Å². The van der Waals surface area contributed by atoms with Crippen molar-refractivity contribution in [3.63, 3.8) is 0 Å². The monoisotopic (exact) mass is 240 g/mol. The van der Waals surface area contributed by atoms with Gasteiger partial charge in [0.05, 0.1) is 17.7 Å². The maximum Gasteiger partial charge on any atom is 0.130 e. The molecule has 4 nitrogen and oxygen atoms in total. The molecule has 4 heteroatoms. The second kappa shape index (κ2) is 4.92. The van der Waals surface area contributed by atoms with Crippen LogP contribution in [-0.2, 0) is 7.05 Å². The van der Waals surface area contributed by atoms with Crippen molar-refractivity contribution in [3.05, 3.63) is 47.5 Å². The summed E-state index contributed by atoms with van der Waals surface area (Å²) in [4.78, 5) is 4.32. The van der Waals surface area contributed by atoms with Crippen LogP contribution >= 0.6 is 0 Å². The maximum absolute atomic E-state index is 8.92. The van der Waals surface area contributed by atoms with Gasteiger partial charge in [-0.05, 0) is 31.5 Å². The molecule has 0 bridgehead atoms. The van der Waals surface area contributed by atoms with Gasteiger partial charge in [0.2, 0.25) is 0 Å². The molecule has 0 radical (unpaired) electrons. The van der Waals surface area contributed by atoms with Gasteiger partial charge in [0.1, 0.15) is 5.82 Å². The minimum atomic E-state index is 0.0950. The SMILES string of the molecule is Cc1ccc(C#N)cc1NC(C)c1nccn1C. The van der Waals surface area contributed by atoms with Crippen LogP contribution in [0.5, 0.6) is 0 Å². The van der Waals surface area contributed by atoms with Gasteiger partial charge in [0, 0.05) is 25.1 Å². The van der Waals surface area contributed by atoms with Crippen molar-refractivity contribution in [1.29, 1.82) is 5.26 Å². The van der Waals surface area contributed by atoms with E-state index in [1.165, 1.54) is 0 Å². The molecule has 2 rings (SSSR count). The number of hydrogen-bond donors (Lipinski definition) is 1. The fraction of sp³-hybridized carbons (Fsp3) is 0.286. The van der Waals surface area contributed by atoms with Gasteiger partial charge in [-0.1, -0.05) is 6.07 Å². The van der Waals surface area contributed by atoms with Crippen molar-refractivity contribution in [2.24, 2.45) is 7.05 Å². The number of benzene rings is 1. The number of nitrogens with zero attached hydrogens (tertiary/aromatic N) is 3. The summed E-state index contributed by atoms with van der Waals surface area (Å²) in [6.07, 6.45) is 3.71. The molecule has 0 amide bonds. The van der Waals surface area contributed by atoms with E-state index in [0.29, 0.717) is 5.56 Å². The Morgan fingerprint density at radius 3 is 2.83 bits per heavy atom. The van der Waals surface area contributed by atoms with Gasteiger partial charge >= 0.3 is 0 Å². The number of rotatable bonds is 3. The highest BCUT2D eigenvalue weighted by Crippen LogP contribution is 2.22. The Hall–Kier alpha value is -2.28. The lowest BCUT2D eigenvalue weighted by Gasteiger charge is -2.17. The van der Waals surface area contributed by atoms with E-state index in [0.717, 1.165) is 17.1 Å². The summed E-state index contributed by atoms with van der Waals surface area (Å²) in [6.45, 7) is 4.08. The normalized spacial score (nSPS) is 11.9. The standard InChI is InChI=1S/C14H16N4/c1-10-4-5-12(9-15)8-13(10)17-11(2)14-16-6-7-18(14)3/h4-8,11,17H,1-3H3. The molecule has 1 aromatic heterocycles. The van der Waals surface area contributed by atoms with Gasteiger partial charge in [0.15, 0.2) is 0 Å². The number of aromatic nitrogens is 2. The molecule has 0 spiro atoms. The molecule has 18 heavy (non-hydrogen) atoms. The van der Waals surface area contributed by atoms with Gasteiger partial charge in [-0.15, -0.1) is 0 Å². The van der Waals surface area contributed by atoms with Crippen molar-refractivity contribution < 1.29 is 0 Å². The van der Waals surface area contributed by atoms with Crippen LogP contribution < -0.4 is 5.32 Å². The molecule has 1 aromatic carbocycles. The molecule has 1 atom stereocenters. The first-order chi connectivity index (χ1) is 8.61. The highest BCUT2D eigenvalue weighted by atomic mass is 15.1. The van der Waals surface area contributed by atoms with Crippen LogP contribution in [0.25, 0.3) is 0 Å². The number of nitriles is 1. The second-order valence-electron chi connectivity index (χ2n) is 4.40. The predicted molar refractivity (Wildman–Crippen MR) is 71.1 cm³/mol. The first-order valence-corrected chi connectivity index (χ1v) is 5.86. The molecule has 1 N–H and O–H groups in total. The van der Waals surface area contributed by atoms with Gasteiger partial charge in [-0.2, -0.15) is 5.26 Å². The summed E-state index contributed by atoms with van der Waals surface area (Å²) in [5, 5.41) is 12.3. The first-order valence-electron chi connectivity index (χ1n) is 5.86. The minimum Gasteiger partial charge on any atom is -0.375 e. The van der Waals surface area contributed by atoms with Crippen molar-refractivity contribution >= 4 is 5.69 Å².